The molecule has 2 bridgehead atoms. The van der Waals surface area contributed by atoms with Crippen molar-refractivity contribution in [2.45, 2.75) is 6.04 Å². The molecule has 0 aromatic heterocycles. The van der Waals surface area contributed by atoms with E-state index in [1.54, 1.807) is 11.0 Å². The highest BCUT2D eigenvalue weighted by Crippen LogP contribution is 2.38. The van der Waals surface area contributed by atoms with E-state index in [4.69, 9.17) is 0 Å². The van der Waals surface area contributed by atoms with E-state index in [1.807, 2.05) is 42.5 Å². The van der Waals surface area contributed by atoms with Crippen LogP contribution in [0.3, 0.4) is 0 Å². The molecule has 0 radical (unpaired) electrons. The van der Waals surface area contributed by atoms with Crippen molar-refractivity contribution in [2.24, 2.45) is 0 Å². The summed E-state index contributed by atoms with van der Waals surface area (Å²) in [5, 5.41) is 0. The van der Waals surface area contributed by atoms with Gasteiger partial charge in [-0.15, -0.1) is 0 Å². The first kappa shape index (κ1) is 13.9. The highest BCUT2D eigenvalue weighted by molar-refractivity contribution is 9.10. The van der Waals surface area contributed by atoms with E-state index in [-0.39, 0.29) is 11.7 Å². The largest absolute Gasteiger partial charge is 0.294 e. The zero-order valence-electron chi connectivity index (χ0n) is 11.2. The van der Waals surface area contributed by atoms with Crippen LogP contribution < -0.4 is 4.90 Å². The van der Waals surface area contributed by atoms with Crippen LogP contribution in [-0.2, 0) is 0 Å². The van der Waals surface area contributed by atoms with E-state index in [2.05, 4.69) is 31.9 Å². The fraction of sp³-hybridized carbons (Fsp3) is 0.0588. The van der Waals surface area contributed by atoms with Crippen molar-refractivity contribution in [2.75, 3.05) is 4.90 Å². The molecule has 108 valence electrons. The topological polar surface area (TPSA) is 37.4 Å². The molecule has 1 amide bonds. The summed E-state index contributed by atoms with van der Waals surface area (Å²) in [5.41, 5.74) is 2.48. The Morgan fingerprint density at radius 2 is 1.82 bits per heavy atom. The maximum atomic E-state index is 13.0. The summed E-state index contributed by atoms with van der Waals surface area (Å²) < 4.78 is 1.52. The van der Waals surface area contributed by atoms with Gasteiger partial charge in [-0.3, -0.25) is 14.5 Å². The molecule has 5 heteroatoms. The number of rotatable bonds is 1. The van der Waals surface area contributed by atoms with Crippen molar-refractivity contribution in [1.82, 2.24) is 0 Å². The summed E-state index contributed by atoms with van der Waals surface area (Å²) in [7, 11) is 0. The number of anilines is 1. The lowest BCUT2D eigenvalue weighted by atomic mass is 9.84. The number of carbonyl (C=O) groups is 2. The molecule has 0 N–H and O–H groups in total. The van der Waals surface area contributed by atoms with Crippen molar-refractivity contribution in [3.8, 4) is 0 Å². The minimum Gasteiger partial charge on any atom is -0.294 e. The molecule has 4 rings (SSSR count). The van der Waals surface area contributed by atoms with Gasteiger partial charge in [-0.2, -0.15) is 0 Å². The maximum Gasteiger partial charge on any atom is 0.261 e. The zero-order chi connectivity index (χ0) is 15.4. The van der Waals surface area contributed by atoms with Crippen LogP contribution in [0.4, 0.5) is 5.69 Å². The second kappa shape index (κ2) is 4.89. The Bertz CT molecular complexity index is 873. The molecular formula is C17H9Br2NO2. The lowest BCUT2D eigenvalue weighted by Gasteiger charge is -2.37. The molecule has 2 aromatic carbocycles. The number of benzene rings is 2. The smallest absolute Gasteiger partial charge is 0.261 e. The number of halogens is 2. The van der Waals surface area contributed by atoms with Crippen molar-refractivity contribution >= 4 is 55.3 Å². The van der Waals surface area contributed by atoms with Crippen molar-refractivity contribution < 1.29 is 9.59 Å². The van der Waals surface area contributed by atoms with Gasteiger partial charge in [0.25, 0.3) is 5.91 Å². The molecule has 1 heterocycles. The Morgan fingerprint density at radius 1 is 1.00 bits per heavy atom. The lowest BCUT2D eigenvalue weighted by Crippen LogP contribution is -2.50. The molecule has 3 nitrogen and oxygen atoms in total. The molecule has 0 saturated carbocycles. The molecule has 0 spiro atoms. The van der Waals surface area contributed by atoms with Gasteiger partial charge in [-0.1, -0.05) is 40.2 Å². The van der Waals surface area contributed by atoms with Crippen molar-refractivity contribution in [3.63, 3.8) is 0 Å². The fourth-order valence-electron chi connectivity index (χ4n) is 2.99. The normalized spacial score (nSPS) is 18.8. The van der Waals surface area contributed by atoms with Crippen LogP contribution in [0.1, 0.15) is 26.3 Å². The quantitative estimate of drug-likeness (QED) is 0.686. The van der Waals surface area contributed by atoms with Crippen LogP contribution in [0.5, 0.6) is 0 Å². The van der Waals surface area contributed by atoms with Crippen LogP contribution >= 0.6 is 31.9 Å². The second-order valence-corrected chi connectivity index (χ2v) is 6.98. The number of hydrogen-bond acceptors (Lipinski definition) is 2. The van der Waals surface area contributed by atoms with Crippen molar-refractivity contribution in [3.05, 3.63) is 68.1 Å². The van der Waals surface area contributed by atoms with Gasteiger partial charge in [-0.25, -0.2) is 0 Å². The highest BCUT2D eigenvalue weighted by Gasteiger charge is 2.42. The first-order chi connectivity index (χ1) is 10.6. The Morgan fingerprint density at radius 3 is 2.59 bits per heavy atom. The number of ketones is 1. The van der Waals surface area contributed by atoms with Crippen molar-refractivity contribution in [1.29, 1.82) is 0 Å². The van der Waals surface area contributed by atoms with E-state index in [0.29, 0.717) is 21.3 Å². The molecule has 0 saturated heterocycles. The zero-order valence-corrected chi connectivity index (χ0v) is 14.4. The average Bonchev–Trinajstić information content (AvgIpc) is 2.49. The molecule has 1 unspecified atom stereocenters. The number of Topliss-reactive ketones (excluding diaryl/α,β-unsaturated/α-hetero) is 1. The van der Waals surface area contributed by atoms with Gasteiger partial charge in [-0.05, 0) is 45.8 Å². The third kappa shape index (κ3) is 1.85. The van der Waals surface area contributed by atoms with Gasteiger partial charge >= 0.3 is 0 Å². The average molecular weight is 419 g/mol. The third-order valence-corrected chi connectivity index (χ3v) is 5.11. The summed E-state index contributed by atoms with van der Waals surface area (Å²) in [4.78, 5) is 27.3. The Labute approximate surface area is 143 Å². The monoisotopic (exact) mass is 417 g/mol. The molecule has 22 heavy (non-hydrogen) atoms. The minimum atomic E-state index is -0.573. The maximum absolute atomic E-state index is 13.0. The van der Waals surface area contributed by atoms with Gasteiger partial charge in [0.05, 0.1) is 5.56 Å². The van der Waals surface area contributed by atoms with Gasteiger partial charge in [0.2, 0.25) is 0 Å². The first-order valence-electron chi connectivity index (χ1n) is 6.72. The summed E-state index contributed by atoms with van der Waals surface area (Å²) in [6.45, 7) is 0. The SMILES string of the molecule is O=C1c2c3ccc(Br)c2C(=O)N(c2cccc(Br)c2)C1C=C3. The molecule has 1 aliphatic carbocycles. The van der Waals surface area contributed by atoms with Gasteiger partial charge in [0.15, 0.2) is 5.78 Å². The van der Waals surface area contributed by atoms with E-state index >= 15 is 0 Å². The lowest BCUT2D eigenvalue weighted by molar-refractivity contribution is 0.0884. The molecule has 1 atom stereocenters. The Kier molecular flexibility index (Phi) is 3.09. The number of fused-ring (bicyclic) bond motifs is 1. The van der Waals surface area contributed by atoms with E-state index < -0.39 is 6.04 Å². The van der Waals surface area contributed by atoms with Crippen LogP contribution in [0.2, 0.25) is 0 Å². The first-order valence-corrected chi connectivity index (χ1v) is 8.30. The van der Waals surface area contributed by atoms with Crippen LogP contribution in [0.25, 0.3) is 6.08 Å². The molecule has 2 aliphatic rings. The van der Waals surface area contributed by atoms with E-state index in [9.17, 15) is 9.59 Å². The summed E-state index contributed by atoms with van der Waals surface area (Å²) in [6.07, 6.45) is 3.70. The standard InChI is InChI=1S/C17H9Br2NO2/c18-10-2-1-3-11(8-10)20-13-7-5-9-4-6-12(19)15(17(20)22)14(9)16(13)21/h1-8,13H. The summed E-state index contributed by atoms with van der Waals surface area (Å²) >= 11 is 6.82. The fourth-order valence-corrected chi connectivity index (χ4v) is 3.88. The van der Waals surface area contributed by atoms with E-state index in [0.717, 1.165) is 10.0 Å². The molecule has 0 fully saturated rings. The Hall–Kier alpha value is -1.72. The predicted octanol–water partition coefficient (Wildman–Crippen LogP) is 4.45. The van der Waals surface area contributed by atoms with Gasteiger partial charge < -0.3 is 0 Å². The second-order valence-electron chi connectivity index (χ2n) is 5.21. The van der Waals surface area contributed by atoms with Gasteiger partial charge in [0.1, 0.15) is 6.04 Å². The molecule has 1 aliphatic heterocycles. The molecular weight excluding hydrogens is 410 g/mol. The highest BCUT2D eigenvalue weighted by atomic mass is 79.9. The third-order valence-electron chi connectivity index (χ3n) is 3.96. The number of nitrogens with zero attached hydrogens (tertiary/aromatic N) is 1. The van der Waals surface area contributed by atoms with Crippen LogP contribution in [0.15, 0.2) is 51.4 Å². The molecule has 2 aromatic rings. The summed E-state index contributed by atoms with van der Waals surface area (Å²) in [5.74, 6) is -0.191. The predicted molar refractivity (Wildman–Crippen MR) is 92.2 cm³/mol. The number of amides is 1. The number of carbonyl (C=O) groups excluding carboxylic acids is 2. The van der Waals surface area contributed by atoms with Crippen LogP contribution in [-0.4, -0.2) is 17.7 Å². The Balaban J connectivity index is 1.99. The minimum absolute atomic E-state index is 0.0339. The van der Waals surface area contributed by atoms with Crippen LogP contribution in [0, 0.1) is 0 Å². The van der Waals surface area contributed by atoms with Gasteiger partial charge in [0, 0.05) is 20.2 Å². The number of hydrogen-bond donors (Lipinski definition) is 0. The summed E-state index contributed by atoms with van der Waals surface area (Å²) in [6, 6.07) is 10.5. The van der Waals surface area contributed by atoms with E-state index in [1.165, 1.54) is 0 Å².